The monoisotopic (exact) mass is 395 g/mol. The third-order valence-corrected chi connectivity index (χ3v) is 5.42. The first-order valence-corrected chi connectivity index (χ1v) is 10.2. The summed E-state index contributed by atoms with van der Waals surface area (Å²) in [5.74, 6) is 0.0248. The topological polar surface area (TPSA) is 71.5 Å². The van der Waals surface area contributed by atoms with Crippen LogP contribution in [0.5, 0.6) is 0 Å². The molecule has 0 spiro atoms. The van der Waals surface area contributed by atoms with Gasteiger partial charge >= 0.3 is 0 Å². The van der Waals surface area contributed by atoms with Gasteiger partial charge in [0.2, 0.25) is 5.91 Å². The number of piperidine rings is 1. The molecule has 0 saturated carbocycles. The molecule has 6 heteroatoms. The lowest BCUT2D eigenvalue weighted by atomic mass is 9.94. The van der Waals surface area contributed by atoms with Gasteiger partial charge in [-0.2, -0.15) is 0 Å². The van der Waals surface area contributed by atoms with E-state index < -0.39 is 0 Å². The minimum atomic E-state index is -0.0358. The van der Waals surface area contributed by atoms with Gasteiger partial charge in [-0.3, -0.25) is 14.6 Å². The molecule has 0 atom stereocenters. The van der Waals surface area contributed by atoms with E-state index in [9.17, 15) is 9.59 Å². The zero-order valence-electron chi connectivity index (χ0n) is 17.2. The van der Waals surface area contributed by atoms with E-state index in [0.717, 1.165) is 17.5 Å². The van der Waals surface area contributed by atoms with Crippen LogP contribution in [0.25, 0.3) is 11.3 Å². The Kier molecular flexibility index (Phi) is 7.36. The molecule has 1 aromatic heterocycles. The van der Waals surface area contributed by atoms with Gasteiger partial charge in [-0.15, -0.1) is 0 Å². The van der Waals surface area contributed by atoms with Crippen LogP contribution >= 0.6 is 0 Å². The first-order chi connectivity index (χ1) is 14.1. The Morgan fingerprint density at radius 3 is 2.66 bits per heavy atom. The van der Waals surface area contributed by atoms with Crippen LogP contribution < -0.4 is 5.32 Å². The van der Waals surface area contributed by atoms with Crippen molar-refractivity contribution < 1.29 is 14.3 Å². The van der Waals surface area contributed by atoms with E-state index in [0.29, 0.717) is 50.3 Å². The number of aromatic nitrogens is 1. The van der Waals surface area contributed by atoms with Crippen LogP contribution in [0.1, 0.15) is 35.2 Å². The van der Waals surface area contributed by atoms with Crippen LogP contribution in [0.15, 0.2) is 42.6 Å². The normalized spacial score (nSPS) is 14.6. The number of nitrogens with zero attached hydrogens (tertiary/aromatic N) is 2. The molecule has 1 aromatic carbocycles. The molecule has 0 aliphatic carbocycles. The zero-order chi connectivity index (χ0) is 20.6. The summed E-state index contributed by atoms with van der Waals surface area (Å²) in [6.07, 6.45) is 3.89. The summed E-state index contributed by atoms with van der Waals surface area (Å²) >= 11 is 0. The van der Waals surface area contributed by atoms with E-state index in [1.807, 2.05) is 42.2 Å². The van der Waals surface area contributed by atoms with E-state index in [2.05, 4.69) is 10.3 Å². The van der Waals surface area contributed by atoms with Crippen molar-refractivity contribution >= 4 is 11.8 Å². The Hall–Kier alpha value is -2.73. The molecule has 154 valence electrons. The number of nitrogens with one attached hydrogen (secondary N) is 1. The summed E-state index contributed by atoms with van der Waals surface area (Å²) in [4.78, 5) is 31.9. The lowest BCUT2D eigenvalue weighted by Crippen LogP contribution is -2.43. The van der Waals surface area contributed by atoms with E-state index in [4.69, 9.17) is 4.74 Å². The van der Waals surface area contributed by atoms with Crippen molar-refractivity contribution in [3.8, 4) is 11.3 Å². The van der Waals surface area contributed by atoms with Crippen LogP contribution in [-0.2, 0) is 9.53 Å². The van der Waals surface area contributed by atoms with Crippen molar-refractivity contribution in [2.75, 3.05) is 33.4 Å². The number of carbonyl (C=O) groups is 2. The van der Waals surface area contributed by atoms with Crippen LogP contribution in [0, 0.1) is 12.8 Å². The molecule has 29 heavy (non-hydrogen) atoms. The number of likely N-dealkylation sites (tertiary alicyclic amines) is 1. The molecule has 0 bridgehead atoms. The smallest absolute Gasteiger partial charge is 0.256 e. The second kappa shape index (κ2) is 10.2. The number of ether oxygens (including phenoxy) is 1. The Labute approximate surface area is 172 Å². The molecule has 1 fully saturated rings. The van der Waals surface area contributed by atoms with Gasteiger partial charge in [-0.1, -0.05) is 24.3 Å². The lowest BCUT2D eigenvalue weighted by Gasteiger charge is -2.31. The second-order valence-corrected chi connectivity index (χ2v) is 7.42. The SMILES string of the molecule is COCCCNC(=O)C1CCN(C(=O)c2cccnc2-c2ccccc2C)CC1. The highest BCUT2D eigenvalue weighted by Crippen LogP contribution is 2.27. The van der Waals surface area contributed by atoms with Gasteiger partial charge in [0.25, 0.3) is 5.91 Å². The maximum absolute atomic E-state index is 13.2. The summed E-state index contributed by atoms with van der Waals surface area (Å²) < 4.78 is 5.00. The van der Waals surface area contributed by atoms with E-state index in [-0.39, 0.29) is 17.7 Å². The van der Waals surface area contributed by atoms with Crippen LogP contribution in [-0.4, -0.2) is 55.0 Å². The first-order valence-electron chi connectivity index (χ1n) is 10.2. The highest BCUT2D eigenvalue weighted by Gasteiger charge is 2.29. The number of hydrogen-bond donors (Lipinski definition) is 1. The highest BCUT2D eigenvalue weighted by molar-refractivity contribution is 6.00. The molecule has 6 nitrogen and oxygen atoms in total. The lowest BCUT2D eigenvalue weighted by molar-refractivity contribution is -0.126. The summed E-state index contributed by atoms with van der Waals surface area (Å²) in [6.45, 7) is 4.45. The summed E-state index contributed by atoms with van der Waals surface area (Å²) in [6, 6.07) is 11.6. The summed E-state index contributed by atoms with van der Waals surface area (Å²) in [7, 11) is 1.65. The third-order valence-electron chi connectivity index (χ3n) is 5.42. The number of benzene rings is 1. The van der Waals surface area contributed by atoms with Gasteiger partial charge < -0.3 is 15.0 Å². The molecular weight excluding hydrogens is 366 g/mol. The molecule has 3 rings (SSSR count). The predicted molar refractivity (Wildman–Crippen MR) is 113 cm³/mol. The number of methoxy groups -OCH3 is 1. The fraction of sp³-hybridized carbons (Fsp3) is 0.435. The predicted octanol–water partition coefficient (Wildman–Crippen LogP) is 3.06. The van der Waals surface area contributed by atoms with Crippen molar-refractivity contribution in [3.63, 3.8) is 0 Å². The maximum Gasteiger partial charge on any atom is 0.256 e. The van der Waals surface area contributed by atoms with Crippen molar-refractivity contribution in [1.82, 2.24) is 15.2 Å². The Morgan fingerprint density at radius 1 is 1.17 bits per heavy atom. The molecule has 2 heterocycles. The molecular formula is C23H29N3O3. The average Bonchev–Trinajstić information content (AvgIpc) is 2.76. The van der Waals surface area contributed by atoms with Crippen LogP contribution in [0.2, 0.25) is 0 Å². The van der Waals surface area contributed by atoms with Gasteiger partial charge in [0.1, 0.15) is 0 Å². The molecule has 1 N–H and O–H groups in total. The number of amides is 2. The van der Waals surface area contributed by atoms with Gasteiger partial charge in [0, 0.05) is 51.0 Å². The van der Waals surface area contributed by atoms with E-state index >= 15 is 0 Å². The third kappa shape index (κ3) is 5.21. The Morgan fingerprint density at radius 2 is 1.93 bits per heavy atom. The van der Waals surface area contributed by atoms with Crippen molar-refractivity contribution in [2.45, 2.75) is 26.2 Å². The van der Waals surface area contributed by atoms with Crippen molar-refractivity contribution in [3.05, 3.63) is 53.7 Å². The first kappa shape index (κ1) is 21.0. The van der Waals surface area contributed by atoms with Crippen molar-refractivity contribution in [2.24, 2.45) is 5.92 Å². The fourth-order valence-electron chi connectivity index (χ4n) is 3.72. The number of hydrogen-bond acceptors (Lipinski definition) is 4. The minimum Gasteiger partial charge on any atom is -0.385 e. The van der Waals surface area contributed by atoms with Crippen molar-refractivity contribution in [1.29, 1.82) is 0 Å². The highest BCUT2D eigenvalue weighted by atomic mass is 16.5. The Bertz CT molecular complexity index is 845. The molecule has 0 radical (unpaired) electrons. The molecule has 1 aliphatic rings. The van der Waals surface area contributed by atoms with Gasteiger partial charge in [-0.05, 0) is 43.9 Å². The minimum absolute atomic E-state index is 0.0182. The zero-order valence-corrected chi connectivity index (χ0v) is 17.2. The number of aryl methyl sites for hydroxylation is 1. The number of carbonyl (C=O) groups excluding carboxylic acids is 2. The number of rotatable bonds is 7. The van der Waals surface area contributed by atoms with Gasteiger partial charge in [0.15, 0.2) is 0 Å². The average molecular weight is 396 g/mol. The maximum atomic E-state index is 13.2. The van der Waals surface area contributed by atoms with E-state index in [1.165, 1.54) is 0 Å². The van der Waals surface area contributed by atoms with Crippen LogP contribution in [0.3, 0.4) is 0 Å². The standard InChI is InChI=1S/C23H29N3O3/c1-17-7-3-4-8-19(17)21-20(9-5-12-24-21)23(28)26-14-10-18(11-15-26)22(27)25-13-6-16-29-2/h3-5,7-9,12,18H,6,10-11,13-16H2,1-2H3,(H,25,27). The summed E-state index contributed by atoms with van der Waals surface area (Å²) in [5, 5.41) is 2.97. The molecule has 2 aromatic rings. The second-order valence-electron chi connectivity index (χ2n) is 7.42. The molecule has 2 amide bonds. The number of pyridine rings is 1. The summed E-state index contributed by atoms with van der Waals surface area (Å²) in [5.41, 5.74) is 3.39. The quantitative estimate of drug-likeness (QED) is 0.732. The largest absolute Gasteiger partial charge is 0.385 e. The van der Waals surface area contributed by atoms with Crippen LogP contribution in [0.4, 0.5) is 0 Å². The fourth-order valence-corrected chi connectivity index (χ4v) is 3.72. The Balaban J connectivity index is 1.63. The van der Waals surface area contributed by atoms with Gasteiger partial charge in [0.05, 0.1) is 11.3 Å². The molecule has 1 saturated heterocycles. The van der Waals surface area contributed by atoms with E-state index in [1.54, 1.807) is 19.4 Å². The molecule has 1 aliphatic heterocycles. The van der Waals surface area contributed by atoms with Gasteiger partial charge in [-0.25, -0.2) is 0 Å². The molecule has 0 unspecified atom stereocenters.